The first-order valence-electron chi connectivity index (χ1n) is 14.3. The molecule has 9 rings (SSSR count). The molecule has 2 atom stereocenters. The number of benzene rings is 5. The van der Waals surface area contributed by atoms with Crippen molar-refractivity contribution >= 4 is 33.9 Å². The number of hydrogen-bond acceptors (Lipinski definition) is 2. The van der Waals surface area contributed by atoms with Crippen LogP contribution in [-0.4, -0.2) is 6.71 Å². The van der Waals surface area contributed by atoms with Crippen LogP contribution in [0, 0.1) is 5.92 Å². The Kier molecular flexibility index (Phi) is 4.85. The maximum atomic E-state index is 6.91. The lowest BCUT2D eigenvalue weighted by Gasteiger charge is -2.37. The first-order chi connectivity index (χ1) is 20.3. The van der Waals surface area contributed by atoms with Gasteiger partial charge < -0.3 is 9.47 Å². The van der Waals surface area contributed by atoms with Gasteiger partial charge in [0.25, 0.3) is 6.71 Å². The summed E-state index contributed by atoms with van der Waals surface area (Å²) in [6.45, 7) is 0.0213. The van der Waals surface area contributed by atoms with E-state index in [1.807, 2.05) is 0 Å². The van der Waals surface area contributed by atoms with Gasteiger partial charge in [-0.1, -0.05) is 121 Å². The van der Waals surface area contributed by atoms with Gasteiger partial charge in [-0.15, -0.1) is 0 Å². The molecule has 5 aromatic rings. The van der Waals surface area contributed by atoms with E-state index >= 15 is 0 Å². The number of ether oxygens (including phenoxy) is 2. The highest BCUT2D eigenvalue weighted by atomic mass is 16.5. The first-order valence-corrected chi connectivity index (χ1v) is 14.3. The van der Waals surface area contributed by atoms with E-state index in [-0.39, 0.29) is 18.5 Å². The van der Waals surface area contributed by atoms with Gasteiger partial charge in [-0.2, -0.15) is 0 Å². The van der Waals surface area contributed by atoms with E-state index in [1.165, 1.54) is 38.4 Å². The van der Waals surface area contributed by atoms with Crippen molar-refractivity contribution in [3.63, 3.8) is 0 Å². The van der Waals surface area contributed by atoms with E-state index in [2.05, 4.69) is 140 Å². The molecule has 0 N–H and O–H groups in total. The molecular weight excluding hydrogens is 499 g/mol. The highest BCUT2D eigenvalue weighted by Gasteiger charge is 2.43. The van der Waals surface area contributed by atoms with Crippen LogP contribution in [0.4, 0.5) is 0 Å². The maximum Gasteiger partial charge on any atom is 0.260 e. The topological polar surface area (TPSA) is 18.5 Å². The molecule has 2 unspecified atom stereocenters. The molecule has 0 spiro atoms. The molecule has 4 aliphatic rings. The van der Waals surface area contributed by atoms with Crippen LogP contribution in [0.3, 0.4) is 0 Å². The van der Waals surface area contributed by atoms with Gasteiger partial charge in [-0.25, -0.2) is 0 Å². The molecule has 0 fully saturated rings. The summed E-state index contributed by atoms with van der Waals surface area (Å²) in [6.07, 6.45) is 15.6. The van der Waals surface area contributed by atoms with E-state index in [1.54, 1.807) is 0 Å². The summed E-state index contributed by atoms with van der Waals surface area (Å²) in [6, 6.07) is 34.5. The molecule has 2 nitrogen and oxygen atoms in total. The Bertz CT molecular complexity index is 2010. The Morgan fingerprint density at radius 1 is 0.585 bits per heavy atom. The molecule has 0 saturated heterocycles. The average Bonchev–Trinajstić information content (AvgIpc) is 3.04. The maximum absolute atomic E-state index is 6.91. The van der Waals surface area contributed by atoms with E-state index in [0.29, 0.717) is 0 Å². The van der Waals surface area contributed by atoms with Crippen LogP contribution in [0.1, 0.15) is 11.5 Å². The first kappa shape index (κ1) is 22.8. The Morgan fingerprint density at radius 2 is 1.29 bits per heavy atom. The molecule has 2 heterocycles. The molecule has 2 aliphatic heterocycles. The number of allylic oxidation sites excluding steroid dienone is 8. The van der Waals surface area contributed by atoms with Gasteiger partial charge in [-0.3, -0.25) is 0 Å². The minimum atomic E-state index is 0.0213. The highest BCUT2D eigenvalue weighted by Crippen LogP contribution is 2.49. The molecule has 2 aliphatic carbocycles. The normalized spacial score (nSPS) is 18.9. The van der Waals surface area contributed by atoms with Crippen molar-refractivity contribution in [2.24, 2.45) is 5.92 Å². The molecule has 0 saturated carbocycles. The molecule has 0 radical (unpaired) electrons. The summed E-state index contributed by atoms with van der Waals surface area (Å²) < 4.78 is 13.8. The van der Waals surface area contributed by atoms with Crippen molar-refractivity contribution in [1.29, 1.82) is 0 Å². The average molecular weight is 524 g/mol. The quantitative estimate of drug-likeness (QED) is 0.218. The van der Waals surface area contributed by atoms with Crippen LogP contribution in [0.2, 0.25) is 0 Å². The summed E-state index contributed by atoms with van der Waals surface area (Å²) in [4.78, 5) is 0. The van der Waals surface area contributed by atoms with Gasteiger partial charge in [0, 0.05) is 28.4 Å². The molecule has 41 heavy (non-hydrogen) atoms. The SMILES string of the molecule is C1=CC2=CC=CC(c3cc(-c4cccc5ccccc45)c4c5c3Oc3ccccc3B5c3ccccc3O4)C2C=C1. The Hall–Kier alpha value is -5.02. The molecule has 3 heteroatoms. The van der Waals surface area contributed by atoms with Gasteiger partial charge in [0.1, 0.15) is 23.0 Å². The van der Waals surface area contributed by atoms with Gasteiger partial charge >= 0.3 is 0 Å². The minimum Gasteiger partial charge on any atom is -0.458 e. The second kappa shape index (κ2) is 8.74. The van der Waals surface area contributed by atoms with Crippen molar-refractivity contribution in [2.45, 2.75) is 5.92 Å². The second-order valence-electron chi connectivity index (χ2n) is 11.2. The van der Waals surface area contributed by atoms with Crippen molar-refractivity contribution in [1.82, 2.24) is 0 Å². The lowest BCUT2D eigenvalue weighted by atomic mass is 9.34. The van der Waals surface area contributed by atoms with Crippen LogP contribution in [0.5, 0.6) is 23.0 Å². The second-order valence-corrected chi connectivity index (χ2v) is 11.2. The molecule has 0 aromatic heterocycles. The largest absolute Gasteiger partial charge is 0.458 e. The van der Waals surface area contributed by atoms with Crippen LogP contribution >= 0.6 is 0 Å². The molecular formula is C38H25BO2. The summed E-state index contributed by atoms with van der Waals surface area (Å²) in [5.41, 5.74) is 8.29. The molecule has 5 aromatic carbocycles. The lowest BCUT2D eigenvalue weighted by molar-refractivity contribution is 0.456. The fourth-order valence-electron chi connectivity index (χ4n) is 7.18. The van der Waals surface area contributed by atoms with Gasteiger partial charge in [-0.05, 0) is 51.0 Å². The van der Waals surface area contributed by atoms with Crippen LogP contribution in [0.25, 0.3) is 21.9 Å². The molecule has 0 amide bonds. The number of para-hydroxylation sites is 2. The van der Waals surface area contributed by atoms with E-state index < -0.39 is 0 Å². The fraction of sp³-hybridized carbons (Fsp3) is 0.0526. The summed E-state index contributed by atoms with van der Waals surface area (Å²) in [5.74, 6) is 4.03. The van der Waals surface area contributed by atoms with Crippen molar-refractivity contribution in [3.05, 3.63) is 151 Å². The summed E-state index contributed by atoms with van der Waals surface area (Å²) in [5, 5.41) is 2.43. The standard InChI is InChI=1S/C38H25BO2/c1-3-15-26-24(11-1)13-9-17-28(26)30-23-31(29-18-10-14-25-12-2-4-16-27(25)29)38-36-37(30)40-34-21-7-5-19-32(34)39(36)33-20-6-8-22-35(33)41-38/h1-23,26,28H. The van der Waals surface area contributed by atoms with Crippen LogP contribution in [-0.2, 0) is 0 Å². The van der Waals surface area contributed by atoms with Crippen molar-refractivity contribution < 1.29 is 9.47 Å². The van der Waals surface area contributed by atoms with Gasteiger partial charge in [0.15, 0.2) is 0 Å². The lowest BCUT2D eigenvalue weighted by Crippen LogP contribution is -2.57. The smallest absolute Gasteiger partial charge is 0.260 e. The zero-order chi connectivity index (χ0) is 26.9. The van der Waals surface area contributed by atoms with Crippen LogP contribution in [0.15, 0.2) is 145 Å². The number of hydrogen-bond donors (Lipinski definition) is 0. The fourth-order valence-corrected chi connectivity index (χ4v) is 7.18. The minimum absolute atomic E-state index is 0.0213. The monoisotopic (exact) mass is 524 g/mol. The summed E-state index contributed by atoms with van der Waals surface area (Å²) >= 11 is 0. The third-order valence-corrected chi connectivity index (χ3v) is 9.00. The highest BCUT2D eigenvalue weighted by molar-refractivity contribution is 6.98. The molecule has 192 valence electrons. The third kappa shape index (κ3) is 3.33. The predicted molar refractivity (Wildman–Crippen MR) is 169 cm³/mol. The van der Waals surface area contributed by atoms with Gasteiger partial charge in [0.05, 0.1) is 0 Å². The number of rotatable bonds is 2. The van der Waals surface area contributed by atoms with E-state index in [9.17, 15) is 0 Å². The van der Waals surface area contributed by atoms with E-state index in [0.717, 1.165) is 34.0 Å². The van der Waals surface area contributed by atoms with Crippen molar-refractivity contribution in [3.8, 4) is 34.1 Å². The summed E-state index contributed by atoms with van der Waals surface area (Å²) in [7, 11) is 0. The molecule has 0 bridgehead atoms. The zero-order valence-electron chi connectivity index (χ0n) is 22.3. The van der Waals surface area contributed by atoms with E-state index in [4.69, 9.17) is 9.47 Å². The van der Waals surface area contributed by atoms with Crippen LogP contribution < -0.4 is 25.9 Å². The number of fused-ring (bicyclic) bond motifs is 6. The van der Waals surface area contributed by atoms with Gasteiger partial charge in [0.2, 0.25) is 0 Å². The zero-order valence-corrected chi connectivity index (χ0v) is 22.3. The predicted octanol–water partition coefficient (Wildman–Crippen LogP) is 7.56. The Morgan fingerprint density at radius 3 is 2.15 bits per heavy atom. The third-order valence-electron chi connectivity index (χ3n) is 9.00. The Labute approximate surface area is 239 Å². The van der Waals surface area contributed by atoms with Crippen molar-refractivity contribution in [2.75, 3.05) is 0 Å². The Balaban J connectivity index is 1.39.